The van der Waals surface area contributed by atoms with Crippen LogP contribution in [0.15, 0.2) is 16.8 Å². The summed E-state index contributed by atoms with van der Waals surface area (Å²) >= 11 is 0. The van der Waals surface area contributed by atoms with E-state index in [0.29, 0.717) is 0 Å². The molecule has 0 unspecified atom stereocenters. The number of alkyl halides is 3. The second kappa shape index (κ2) is 4.98. The van der Waals surface area contributed by atoms with Crippen LogP contribution < -0.4 is 11.2 Å². The Hall–Kier alpha value is -2.06. The fourth-order valence-electron chi connectivity index (χ4n) is 0.491. The maximum absolute atomic E-state index is 12.0. The Morgan fingerprint density at radius 3 is 2.27 bits per heavy atom. The number of hydrogen-bond acceptors (Lipinski definition) is 3. The third-order valence-corrected chi connectivity index (χ3v) is 0.985. The van der Waals surface area contributed by atoms with Gasteiger partial charge in [-0.1, -0.05) is 0 Å². The minimum Gasteiger partial charge on any atom is -0.478 e. The molecule has 2 amide bonds. The average molecular weight is 225 g/mol. The van der Waals surface area contributed by atoms with E-state index in [9.17, 15) is 22.8 Å². The van der Waals surface area contributed by atoms with Crippen LogP contribution >= 0.6 is 0 Å². The van der Waals surface area contributed by atoms with Gasteiger partial charge in [-0.3, -0.25) is 0 Å². The fourth-order valence-corrected chi connectivity index (χ4v) is 0.491. The van der Waals surface area contributed by atoms with E-state index in [2.05, 4.69) is 10.8 Å². The first-order valence-corrected chi connectivity index (χ1v) is 3.34. The second-order valence-corrected chi connectivity index (χ2v) is 2.17. The second-order valence-electron chi connectivity index (χ2n) is 2.17. The van der Waals surface area contributed by atoms with Crippen LogP contribution in [0.1, 0.15) is 0 Å². The molecule has 0 aromatic rings. The minimum absolute atomic E-state index is 0.0911. The summed E-state index contributed by atoms with van der Waals surface area (Å²) in [5, 5.41) is 10.9. The molecule has 0 aliphatic rings. The van der Waals surface area contributed by atoms with Crippen molar-refractivity contribution in [3.8, 4) is 0 Å². The summed E-state index contributed by atoms with van der Waals surface area (Å²) in [6.45, 7) is 0. The highest BCUT2D eigenvalue weighted by atomic mass is 19.4. The fraction of sp³-hybridized carbons (Fsp3) is 0.167. The van der Waals surface area contributed by atoms with Gasteiger partial charge in [-0.15, -0.1) is 0 Å². The lowest BCUT2D eigenvalue weighted by atomic mass is 10.2. The van der Waals surface area contributed by atoms with E-state index in [1.165, 1.54) is 5.43 Å². The third kappa shape index (κ3) is 6.07. The van der Waals surface area contributed by atoms with Crippen LogP contribution in [0.25, 0.3) is 0 Å². The number of rotatable bonds is 3. The molecule has 0 fully saturated rings. The van der Waals surface area contributed by atoms with Crippen LogP contribution in [0.5, 0.6) is 0 Å². The van der Waals surface area contributed by atoms with E-state index in [4.69, 9.17) is 5.11 Å². The number of nitrogens with one attached hydrogen (secondary N) is 1. The van der Waals surface area contributed by atoms with E-state index in [0.717, 1.165) is 0 Å². The van der Waals surface area contributed by atoms with Crippen molar-refractivity contribution in [3.63, 3.8) is 0 Å². The number of carbonyl (C=O) groups is 2. The Balaban J connectivity index is 4.76. The van der Waals surface area contributed by atoms with Crippen LogP contribution in [0, 0.1) is 0 Å². The first-order chi connectivity index (χ1) is 6.73. The lowest BCUT2D eigenvalue weighted by Crippen LogP contribution is -2.25. The number of hydrazone groups is 1. The topological polar surface area (TPSA) is 105 Å². The number of amides is 2. The molecule has 0 saturated heterocycles. The number of carboxylic acid groups (broad SMARTS) is 1. The van der Waals surface area contributed by atoms with E-state index in [1.807, 2.05) is 0 Å². The molecule has 15 heavy (non-hydrogen) atoms. The summed E-state index contributed by atoms with van der Waals surface area (Å²) < 4.78 is 36.1. The van der Waals surface area contributed by atoms with Gasteiger partial charge in [-0.2, -0.15) is 18.3 Å². The molecule has 0 spiro atoms. The van der Waals surface area contributed by atoms with Gasteiger partial charge in [-0.05, 0) is 0 Å². The molecule has 0 rings (SSSR count). The Labute approximate surface area is 81.2 Å². The quantitative estimate of drug-likeness (QED) is 0.363. The number of allylic oxidation sites excluding steroid dienone is 1. The molecule has 4 N–H and O–H groups in total. The average Bonchev–Trinajstić information content (AvgIpc) is 1.99. The van der Waals surface area contributed by atoms with E-state index in [1.54, 1.807) is 0 Å². The summed E-state index contributed by atoms with van der Waals surface area (Å²) in [4.78, 5) is 20.0. The molecule has 84 valence electrons. The number of carboxylic acids is 1. The Kier molecular flexibility index (Phi) is 4.30. The van der Waals surface area contributed by atoms with Gasteiger partial charge < -0.3 is 10.8 Å². The summed E-state index contributed by atoms with van der Waals surface area (Å²) in [5.74, 6) is -1.78. The molecule has 0 saturated carbocycles. The zero-order valence-corrected chi connectivity index (χ0v) is 7.08. The molecule has 0 aliphatic carbocycles. The van der Waals surface area contributed by atoms with E-state index >= 15 is 0 Å². The van der Waals surface area contributed by atoms with Crippen molar-refractivity contribution in [2.24, 2.45) is 10.8 Å². The van der Waals surface area contributed by atoms with Crippen LogP contribution in [-0.4, -0.2) is 29.5 Å². The summed E-state index contributed by atoms with van der Waals surface area (Å²) in [7, 11) is 0. The number of nitrogens with zero attached hydrogens (tertiary/aromatic N) is 1. The number of urea groups is 1. The molecule has 0 radical (unpaired) electrons. The van der Waals surface area contributed by atoms with Crippen molar-refractivity contribution in [1.82, 2.24) is 5.43 Å². The van der Waals surface area contributed by atoms with Crippen LogP contribution in [-0.2, 0) is 4.79 Å². The lowest BCUT2D eigenvalue weighted by Gasteiger charge is -2.05. The van der Waals surface area contributed by atoms with Crippen LogP contribution in [0.3, 0.4) is 0 Å². The third-order valence-electron chi connectivity index (χ3n) is 0.985. The molecule has 0 bridgehead atoms. The molecule has 0 heterocycles. The van der Waals surface area contributed by atoms with Crippen molar-refractivity contribution in [1.29, 1.82) is 0 Å². The van der Waals surface area contributed by atoms with Gasteiger partial charge in [0.1, 0.15) is 0 Å². The van der Waals surface area contributed by atoms with Gasteiger partial charge in [0, 0.05) is 6.08 Å². The standard InChI is InChI=1S/C6H6F3N3O3/c7-6(8,9)3(1-4(13)14)2-11-12-5(10)15/h1-2H,(H,13,14)(H3,10,12,15). The van der Waals surface area contributed by atoms with Gasteiger partial charge in [0.2, 0.25) is 0 Å². The van der Waals surface area contributed by atoms with Gasteiger partial charge in [0.15, 0.2) is 0 Å². The molecule has 0 aromatic heterocycles. The number of hydrogen-bond donors (Lipinski definition) is 3. The predicted molar refractivity (Wildman–Crippen MR) is 43.0 cm³/mol. The number of halogens is 3. The molecule has 9 heteroatoms. The normalized spacial score (nSPS) is 12.9. The maximum Gasteiger partial charge on any atom is 0.418 e. The number of primary amides is 1. The Bertz CT molecular complexity index is 321. The Morgan fingerprint density at radius 2 is 1.93 bits per heavy atom. The summed E-state index contributed by atoms with van der Waals surface area (Å²) in [5.41, 5.74) is 4.48. The van der Waals surface area contributed by atoms with Crippen molar-refractivity contribution in [2.75, 3.05) is 0 Å². The van der Waals surface area contributed by atoms with Gasteiger partial charge in [-0.25, -0.2) is 15.0 Å². The molecule has 0 aromatic carbocycles. The van der Waals surface area contributed by atoms with Gasteiger partial charge >= 0.3 is 18.2 Å². The highest BCUT2D eigenvalue weighted by Gasteiger charge is 2.33. The lowest BCUT2D eigenvalue weighted by molar-refractivity contribution is -0.132. The molecular formula is C6H6F3N3O3. The Morgan fingerprint density at radius 1 is 1.40 bits per heavy atom. The highest BCUT2D eigenvalue weighted by molar-refractivity contribution is 5.91. The SMILES string of the molecule is NC(=O)NN=CC(=CC(=O)O)C(F)(F)F. The zero-order chi connectivity index (χ0) is 12.1. The number of nitrogens with two attached hydrogens (primary N) is 1. The first kappa shape index (κ1) is 12.9. The number of carbonyl (C=O) groups excluding carboxylic acids is 1. The van der Waals surface area contributed by atoms with Gasteiger partial charge in [0.05, 0.1) is 11.8 Å². The smallest absolute Gasteiger partial charge is 0.418 e. The molecule has 0 aliphatic heterocycles. The zero-order valence-electron chi connectivity index (χ0n) is 7.08. The molecule has 6 nitrogen and oxygen atoms in total. The summed E-state index contributed by atoms with van der Waals surface area (Å²) in [6, 6.07) is -1.16. The van der Waals surface area contributed by atoms with Gasteiger partial charge in [0.25, 0.3) is 0 Å². The van der Waals surface area contributed by atoms with Crippen molar-refractivity contribution in [3.05, 3.63) is 11.6 Å². The predicted octanol–water partition coefficient (Wildman–Crippen LogP) is 0.214. The van der Waals surface area contributed by atoms with Crippen LogP contribution in [0.4, 0.5) is 18.0 Å². The van der Waals surface area contributed by atoms with Crippen molar-refractivity contribution < 1.29 is 27.9 Å². The molecule has 0 atom stereocenters. The largest absolute Gasteiger partial charge is 0.478 e. The van der Waals surface area contributed by atoms with Crippen molar-refractivity contribution in [2.45, 2.75) is 6.18 Å². The maximum atomic E-state index is 12.0. The summed E-state index contributed by atoms with van der Waals surface area (Å²) in [6.07, 6.45) is -4.83. The number of aliphatic carboxylic acids is 1. The highest BCUT2D eigenvalue weighted by Crippen LogP contribution is 2.23. The first-order valence-electron chi connectivity index (χ1n) is 3.34. The molecular weight excluding hydrogens is 219 g/mol. The van der Waals surface area contributed by atoms with Crippen LogP contribution in [0.2, 0.25) is 0 Å². The van der Waals surface area contributed by atoms with E-state index in [-0.39, 0.29) is 12.3 Å². The van der Waals surface area contributed by atoms with E-state index < -0.39 is 23.7 Å². The van der Waals surface area contributed by atoms with Crippen molar-refractivity contribution >= 4 is 18.2 Å². The monoisotopic (exact) mass is 225 g/mol. The minimum atomic E-state index is -4.87.